The van der Waals surface area contributed by atoms with Crippen LogP contribution in [0.5, 0.6) is 5.75 Å². The number of methoxy groups -OCH3 is 1. The molecule has 3 aromatic rings. The van der Waals surface area contributed by atoms with Gasteiger partial charge in [0, 0.05) is 44.7 Å². The molecule has 1 N–H and O–H groups in total. The second kappa shape index (κ2) is 11.3. The lowest BCUT2D eigenvalue weighted by Crippen LogP contribution is -2.35. The van der Waals surface area contributed by atoms with Gasteiger partial charge in [-0.25, -0.2) is 9.07 Å². The Morgan fingerprint density at radius 3 is 2.57 bits per heavy atom. The molecule has 1 atom stereocenters. The third-order valence-corrected chi connectivity index (χ3v) is 6.89. The molecule has 1 aliphatic heterocycles. The van der Waals surface area contributed by atoms with E-state index in [2.05, 4.69) is 16.7 Å². The number of hydrogen-bond donors (Lipinski definition) is 1. The van der Waals surface area contributed by atoms with Crippen molar-refractivity contribution in [1.29, 1.82) is 0 Å². The molecule has 188 valence electrons. The van der Waals surface area contributed by atoms with Gasteiger partial charge in [0.25, 0.3) is 0 Å². The summed E-state index contributed by atoms with van der Waals surface area (Å²) in [5.74, 6) is 0.786. The van der Waals surface area contributed by atoms with Crippen molar-refractivity contribution in [3.63, 3.8) is 0 Å². The summed E-state index contributed by atoms with van der Waals surface area (Å²) in [6.07, 6.45) is 0.486. The molecule has 0 bridgehead atoms. The Labute approximate surface area is 207 Å². The molecule has 0 aliphatic carbocycles. The van der Waals surface area contributed by atoms with Gasteiger partial charge in [-0.2, -0.15) is 5.10 Å². The van der Waals surface area contributed by atoms with E-state index in [4.69, 9.17) is 9.84 Å². The monoisotopic (exact) mass is 480 g/mol. The first kappa shape index (κ1) is 25.4. The van der Waals surface area contributed by atoms with Crippen LogP contribution in [-0.4, -0.2) is 57.5 Å². The Kier molecular flexibility index (Phi) is 8.21. The fraction of sp³-hybridized carbons (Fsp3) is 0.464. The van der Waals surface area contributed by atoms with E-state index in [1.807, 2.05) is 54.9 Å². The Morgan fingerprint density at radius 2 is 1.89 bits per heavy atom. The van der Waals surface area contributed by atoms with Gasteiger partial charge < -0.3 is 9.84 Å². The van der Waals surface area contributed by atoms with E-state index < -0.39 is 0 Å². The van der Waals surface area contributed by atoms with E-state index in [1.165, 1.54) is 23.4 Å². The van der Waals surface area contributed by atoms with Gasteiger partial charge in [-0.3, -0.25) is 9.80 Å². The number of rotatable bonds is 10. The lowest BCUT2D eigenvalue weighted by Gasteiger charge is -2.29. The number of halogens is 1. The molecular formula is C28H37FN4O2. The third kappa shape index (κ3) is 5.92. The molecule has 0 spiro atoms. The smallest absolute Gasteiger partial charge is 0.144 e. The molecule has 1 aliphatic rings. The van der Waals surface area contributed by atoms with E-state index in [1.54, 1.807) is 7.11 Å². The number of aromatic nitrogens is 2. The zero-order chi connectivity index (χ0) is 24.9. The average molecular weight is 481 g/mol. The molecule has 2 heterocycles. The van der Waals surface area contributed by atoms with Crippen LogP contribution < -0.4 is 4.74 Å². The first-order chi connectivity index (χ1) is 16.9. The van der Waals surface area contributed by atoms with Crippen LogP contribution in [0.4, 0.5) is 4.39 Å². The fourth-order valence-corrected chi connectivity index (χ4v) is 4.65. The largest absolute Gasteiger partial charge is 0.494 e. The summed E-state index contributed by atoms with van der Waals surface area (Å²) in [5.41, 5.74) is 5.52. The summed E-state index contributed by atoms with van der Waals surface area (Å²) >= 11 is 0. The predicted octanol–water partition coefficient (Wildman–Crippen LogP) is 4.42. The lowest BCUT2D eigenvalue weighted by molar-refractivity contribution is 0.0747. The van der Waals surface area contributed by atoms with Crippen molar-refractivity contribution in [2.75, 3.05) is 26.7 Å². The normalized spacial score (nSPS) is 15.0. The van der Waals surface area contributed by atoms with Crippen molar-refractivity contribution >= 4 is 0 Å². The highest BCUT2D eigenvalue weighted by atomic mass is 19.1. The predicted molar refractivity (Wildman–Crippen MR) is 136 cm³/mol. The number of fused-ring (bicyclic) bond motifs is 1. The Bertz CT molecular complexity index is 1110. The van der Waals surface area contributed by atoms with Gasteiger partial charge in [0.1, 0.15) is 17.3 Å². The highest BCUT2D eigenvalue weighted by molar-refractivity contribution is 5.49. The van der Waals surface area contributed by atoms with E-state index >= 15 is 0 Å². The van der Waals surface area contributed by atoms with E-state index in [0.717, 1.165) is 55.3 Å². The minimum absolute atomic E-state index is 0.204. The zero-order valence-corrected chi connectivity index (χ0v) is 21.2. The second-order valence-corrected chi connectivity index (χ2v) is 9.68. The lowest BCUT2D eigenvalue weighted by atomic mass is 10.0. The Morgan fingerprint density at radius 1 is 1.14 bits per heavy atom. The number of hydrogen-bond acceptors (Lipinski definition) is 5. The van der Waals surface area contributed by atoms with Crippen molar-refractivity contribution in [3.8, 4) is 11.4 Å². The van der Waals surface area contributed by atoms with E-state index in [-0.39, 0.29) is 17.8 Å². The average Bonchev–Trinajstić information content (AvgIpc) is 3.22. The number of para-hydroxylation sites is 2. The summed E-state index contributed by atoms with van der Waals surface area (Å²) in [5, 5.41) is 15.6. The molecular weight excluding hydrogens is 443 g/mol. The van der Waals surface area contributed by atoms with Gasteiger partial charge in [0.2, 0.25) is 0 Å². The third-order valence-electron chi connectivity index (χ3n) is 6.89. The van der Waals surface area contributed by atoms with Crippen LogP contribution in [0, 0.1) is 11.7 Å². The fourth-order valence-electron chi connectivity index (χ4n) is 4.65. The minimum atomic E-state index is -0.378. The maximum absolute atomic E-state index is 13.4. The molecule has 1 aromatic heterocycles. The van der Waals surface area contributed by atoms with Gasteiger partial charge in [-0.15, -0.1) is 0 Å². The van der Waals surface area contributed by atoms with Gasteiger partial charge in [-0.05, 0) is 42.3 Å². The van der Waals surface area contributed by atoms with Gasteiger partial charge >= 0.3 is 0 Å². The van der Waals surface area contributed by atoms with Crippen molar-refractivity contribution in [2.24, 2.45) is 5.92 Å². The number of aliphatic hydroxyl groups is 1. The molecule has 35 heavy (non-hydrogen) atoms. The van der Waals surface area contributed by atoms with E-state index in [0.29, 0.717) is 13.1 Å². The SMILES string of the molecule is CCN(Cc1nn(-c2ccccc2OC)c2c1CN(Cc1ccc(F)cc1)CC2)CC(O)C(C)C. The maximum Gasteiger partial charge on any atom is 0.144 e. The molecule has 7 heteroatoms. The maximum atomic E-state index is 13.4. The molecule has 4 rings (SSSR count). The molecule has 0 amide bonds. The standard InChI is InChI=1S/C28H37FN4O2/c1-5-31(19-27(34)20(2)3)18-24-23-17-32(16-21-10-12-22(29)13-11-21)15-14-25(23)33(30-24)26-8-6-7-9-28(26)35-4/h6-13,20,27,34H,5,14-19H2,1-4H3. The Balaban J connectivity index is 1.66. The highest BCUT2D eigenvalue weighted by Gasteiger charge is 2.28. The number of likely N-dealkylation sites (N-methyl/N-ethyl adjacent to an activating group) is 1. The van der Waals surface area contributed by atoms with Crippen molar-refractivity contribution in [2.45, 2.75) is 52.9 Å². The second-order valence-electron chi connectivity index (χ2n) is 9.68. The van der Waals surface area contributed by atoms with Crippen molar-refractivity contribution in [1.82, 2.24) is 19.6 Å². The summed E-state index contributed by atoms with van der Waals surface area (Å²) in [6.45, 7) is 10.8. The van der Waals surface area contributed by atoms with Crippen LogP contribution >= 0.6 is 0 Å². The molecule has 6 nitrogen and oxygen atoms in total. The summed E-state index contributed by atoms with van der Waals surface area (Å²) in [6, 6.07) is 14.7. The van der Waals surface area contributed by atoms with Gasteiger partial charge in [-0.1, -0.05) is 45.0 Å². The number of benzene rings is 2. The first-order valence-corrected chi connectivity index (χ1v) is 12.5. The van der Waals surface area contributed by atoms with Gasteiger partial charge in [0.05, 0.1) is 24.6 Å². The van der Waals surface area contributed by atoms with Crippen molar-refractivity contribution in [3.05, 3.63) is 76.9 Å². The molecule has 0 saturated carbocycles. The topological polar surface area (TPSA) is 53.8 Å². The van der Waals surface area contributed by atoms with Crippen LogP contribution in [0.25, 0.3) is 5.69 Å². The van der Waals surface area contributed by atoms with Crippen LogP contribution in [0.2, 0.25) is 0 Å². The molecule has 1 unspecified atom stereocenters. The molecule has 0 radical (unpaired) electrons. The quantitative estimate of drug-likeness (QED) is 0.466. The molecule has 0 fully saturated rings. The van der Waals surface area contributed by atoms with Crippen LogP contribution in [0.15, 0.2) is 48.5 Å². The molecule has 2 aromatic carbocycles. The number of ether oxygens (including phenoxy) is 1. The van der Waals surface area contributed by atoms with Crippen LogP contribution in [0.1, 0.15) is 43.3 Å². The number of aliphatic hydroxyl groups excluding tert-OH is 1. The highest BCUT2D eigenvalue weighted by Crippen LogP contribution is 2.30. The number of nitrogens with zero attached hydrogens (tertiary/aromatic N) is 4. The molecule has 0 saturated heterocycles. The first-order valence-electron chi connectivity index (χ1n) is 12.5. The van der Waals surface area contributed by atoms with Crippen molar-refractivity contribution < 1.29 is 14.2 Å². The zero-order valence-electron chi connectivity index (χ0n) is 21.2. The van der Waals surface area contributed by atoms with Crippen LogP contribution in [-0.2, 0) is 26.1 Å². The van der Waals surface area contributed by atoms with Gasteiger partial charge in [0.15, 0.2) is 0 Å². The Hall–Kier alpha value is -2.74. The van der Waals surface area contributed by atoms with E-state index in [9.17, 15) is 9.50 Å². The summed E-state index contributed by atoms with van der Waals surface area (Å²) < 4.78 is 21.1. The summed E-state index contributed by atoms with van der Waals surface area (Å²) in [7, 11) is 1.69. The van der Waals surface area contributed by atoms with Crippen LogP contribution in [0.3, 0.4) is 0 Å². The summed E-state index contributed by atoms with van der Waals surface area (Å²) in [4.78, 5) is 4.66. The minimum Gasteiger partial charge on any atom is -0.494 e.